The number of nitriles is 1. The predicted molar refractivity (Wildman–Crippen MR) is 38.0 cm³/mol. The van der Waals surface area contributed by atoms with Gasteiger partial charge in [0.05, 0.1) is 24.3 Å². The Hall–Kier alpha value is -1.56. The van der Waals surface area contributed by atoms with Crippen molar-refractivity contribution in [2.45, 2.75) is 13.3 Å². The van der Waals surface area contributed by atoms with Crippen LogP contribution in [-0.2, 0) is 0 Å². The van der Waals surface area contributed by atoms with Gasteiger partial charge in [0, 0.05) is 0 Å². The molecular formula is C8H7NO2. The first-order valence-corrected chi connectivity index (χ1v) is 3.20. The smallest absolute Gasteiger partial charge is 0.180 e. The minimum atomic E-state index is -0.182. The van der Waals surface area contributed by atoms with E-state index in [1.165, 1.54) is 6.26 Å². The first-order valence-electron chi connectivity index (χ1n) is 3.20. The number of rotatable bonds is 2. The summed E-state index contributed by atoms with van der Waals surface area (Å²) in [6.45, 7) is 1.70. The lowest BCUT2D eigenvalue weighted by molar-refractivity contribution is 0.0996. The van der Waals surface area contributed by atoms with Crippen LogP contribution in [0.4, 0.5) is 0 Å². The Labute approximate surface area is 64.2 Å². The van der Waals surface area contributed by atoms with Crippen LogP contribution in [0, 0.1) is 18.3 Å². The van der Waals surface area contributed by atoms with E-state index in [1.807, 2.05) is 0 Å². The summed E-state index contributed by atoms with van der Waals surface area (Å²) < 4.78 is 4.90. The van der Waals surface area contributed by atoms with Crippen molar-refractivity contribution in [3.8, 4) is 6.07 Å². The molecule has 0 fully saturated rings. The highest BCUT2D eigenvalue weighted by atomic mass is 16.3. The van der Waals surface area contributed by atoms with Crippen LogP contribution in [0.3, 0.4) is 0 Å². The Balaban J connectivity index is 2.86. The standard InChI is InChI=1S/C8H7NO2/c1-6-7(3-5-11-6)8(10)2-4-9/h3,5H,2H2,1H3. The van der Waals surface area contributed by atoms with E-state index in [4.69, 9.17) is 9.68 Å². The van der Waals surface area contributed by atoms with Crippen LogP contribution in [0.2, 0.25) is 0 Å². The minimum Gasteiger partial charge on any atom is -0.469 e. The number of aryl methyl sites for hydroxylation is 1. The number of nitrogens with zero attached hydrogens (tertiary/aromatic N) is 1. The molecule has 0 saturated carbocycles. The fraction of sp³-hybridized carbons (Fsp3) is 0.250. The normalized spacial score (nSPS) is 9.09. The van der Waals surface area contributed by atoms with E-state index in [1.54, 1.807) is 19.1 Å². The van der Waals surface area contributed by atoms with Crippen LogP contribution in [0.25, 0.3) is 0 Å². The average Bonchev–Trinajstić information content (AvgIpc) is 2.36. The summed E-state index contributed by atoms with van der Waals surface area (Å²) in [4.78, 5) is 11.0. The number of hydrogen-bond donors (Lipinski definition) is 0. The highest BCUT2D eigenvalue weighted by Crippen LogP contribution is 2.10. The number of carbonyl (C=O) groups is 1. The van der Waals surface area contributed by atoms with Gasteiger partial charge < -0.3 is 4.42 Å². The zero-order valence-corrected chi connectivity index (χ0v) is 6.13. The number of ketones is 1. The molecule has 1 rings (SSSR count). The molecule has 0 bridgehead atoms. The van der Waals surface area contributed by atoms with Gasteiger partial charge in [-0.1, -0.05) is 0 Å². The van der Waals surface area contributed by atoms with Crippen LogP contribution < -0.4 is 0 Å². The summed E-state index contributed by atoms with van der Waals surface area (Å²) in [5.74, 6) is 0.393. The summed E-state index contributed by atoms with van der Waals surface area (Å²) in [6.07, 6.45) is 1.36. The summed E-state index contributed by atoms with van der Waals surface area (Å²) >= 11 is 0. The number of Topliss-reactive ketones (excluding diaryl/α,β-unsaturated/α-hetero) is 1. The zero-order chi connectivity index (χ0) is 8.27. The molecule has 0 aromatic carbocycles. The molecule has 1 aromatic heterocycles. The van der Waals surface area contributed by atoms with Gasteiger partial charge in [-0.25, -0.2) is 0 Å². The van der Waals surface area contributed by atoms with Crippen molar-refractivity contribution in [1.82, 2.24) is 0 Å². The average molecular weight is 149 g/mol. The van der Waals surface area contributed by atoms with Crippen molar-refractivity contribution >= 4 is 5.78 Å². The molecule has 0 amide bonds. The molecule has 1 heterocycles. The Morgan fingerprint density at radius 3 is 3.00 bits per heavy atom. The predicted octanol–water partition coefficient (Wildman–Crippen LogP) is 1.68. The molecule has 1 aromatic rings. The van der Waals surface area contributed by atoms with Crippen molar-refractivity contribution in [1.29, 1.82) is 5.26 Å². The maximum atomic E-state index is 11.0. The highest BCUT2D eigenvalue weighted by molar-refractivity contribution is 5.98. The van der Waals surface area contributed by atoms with Gasteiger partial charge in [0.2, 0.25) is 0 Å². The number of furan rings is 1. The third kappa shape index (κ3) is 1.47. The molecule has 0 radical (unpaired) electrons. The van der Waals surface area contributed by atoms with E-state index in [0.29, 0.717) is 11.3 Å². The first-order chi connectivity index (χ1) is 5.25. The third-order valence-corrected chi connectivity index (χ3v) is 1.40. The fourth-order valence-corrected chi connectivity index (χ4v) is 0.841. The minimum absolute atomic E-state index is 0.0830. The maximum Gasteiger partial charge on any atom is 0.180 e. The molecule has 0 atom stereocenters. The largest absolute Gasteiger partial charge is 0.469 e. The molecule has 0 aliphatic heterocycles. The van der Waals surface area contributed by atoms with Gasteiger partial charge in [-0.15, -0.1) is 0 Å². The quantitative estimate of drug-likeness (QED) is 0.601. The van der Waals surface area contributed by atoms with Gasteiger partial charge in [-0.3, -0.25) is 4.79 Å². The first kappa shape index (κ1) is 7.55. The molecule has 3 nitrogen and oxygen atoms in total. The summed E-state index contributed by atoms with van der Waals surface area (Å²) in [5.41, 5.74) is 0.506. The van der Waals surface area contributed by atoms with Crippen molar-refractivity contribution in [3.05, 3.63) is 23.7 Å². The van der Waals surface area contributed by atoms with Crippen LogP contribution in [0.1, 0.15) is 22.5 Å². The lowest BCUT2D eigenvalue weighted by Gasteiger charge is -1.89. The Morgan fingerprint density at radius 2 is 2.55 bits per heavy atom. The maximum absolute atomic E-state index is 11.0. The Bertz CT molecular complexity index is 306. The molecule has 11 heavy (non-hydrogen) atoms. The molecule has 0 spiro atoms. The SMILES string of the molecule is Cc1occc1C(=O)CC#N. The highest BCUT2D eigenvalue weighted by Gasteiger charge is 2.09. The molecule has 0 aliphatic rings. The Morgan fingerprint density at radius 1 is 1.82 bits per heavy atom. The molecule has 0 N–H and O–H groups in total. The van der Waals surface area contributed by atoms with Gasteiger partial charge in [0.25, 0.3) is 0 Å². The van der Waals surface area contributed by atoms with Crippen molar-refractivity contribution in [3.63, 3.8) is 0 Å². The molecule has 0 aliphatic carbocycles. The molecule has 3 heteroatoms. The summed E-state index contributed by atoms with van der Waals surface area (Å²) in [7, 11) is 0. The van der Waals surface area contributed by atoms with Crippen molar-refractivity contribution in [2.75, 3.05) is 0 Å². The lowest BCUT2D eigenvalue weighted by atomic mass is 10.1. The second-order valence-corrected chi connectivity index (χ2v) is 2.15. The molecule has 56 valence electrons. The van der Waals surface area contributed by atoms with E-state index in [9.17, 15) is 4.79 Å². The van der Waals surface area contributed by atoms with E-state index in [-0.39, 0.29) is 12.2 Å². The third-order valence-electron chi connectivity index (χ3n) is 1.40. The molecule has 0 unspecified atom stereocenters. The van der Waals surface area contributed by atoms with E-state index >= 15 is 0 Å². The van der Waals surface area contributed by atoms with Crippen molar-refractivity contribution in [2.24, 2.45) is 0 Å². The molecule has 0 saturated heterocycles. The van der Waals surface area contributed by atoms with Crippen LogP contribution in [0.15, 0.2) is 16.7 Å². The zero-order valence-electron chi connectivity index (χ0n) is 6.13. The van der Waals surface area contributed by atoms with E-state index in [2.05, 4.69) is 0 Å². The summed E-state index contributed by atoms with van der Waals surface area (Å²) in [5, 5.41) is 8.22. The van der Waals surface area contributed by atoms with Gasteiger partial charge in [-0.2, -0.15) is 5.26 Å². The number of carbonyl (C=O) groups excluding carboxylic acids is 1. The molecular weight excluding hydrogens is 142 g/mol. The topological polar surface area (TPSA) is 54.0 Å². The van der Waals surface area contributed by atoms with E-state index < -0.39 is 0 Å². The van der Waals surface area contributed by atoms with Gasteiger partial charge in [0.1, 0.15) is 5.76 Å². The number of hydrogen-bond acceptors (Lipinski definition) is 3. The van der Waals surface area contributed by atoms with Crippen LogP contribution in [-0.4, -0.2) is 5.78 Å². The van der Waals surface area contributed by atoms with Crippen LogP contribution in [0.5, 0.6) is 0 Å². The van der Waals surface area contributed by atoms with Gasteiger partial charge in [0.15, 0.2) is 5.78 Å². The van der Waals surface area contributed by atoms with Crippen molar-refractivity contribution < 1.29 is 9.21 Å². The second kappa shape index (κ2) is 3.02. The monoisotopic (exact) mass is 149 g/mol. The van der Waals surface area contributed by atoms with Gasteiger partial charge >= 0.3 is 0 Å². The van der Waals surface area contributed by atoms with Crippen LogP contribution >= 0.6 is 0 Å². The fourth-order valence-electron chi connectivity index (χ4n) is 0.841. The lowest BCUT2D eigenvalue weighted by Crippen LogP contribution is -1.96. The summed E-state index contributed by atoms with van der Waals surface area (Å²) in [6, 6.07) is 3.37. The second-order valence-electron chi connectivity index (χ2n) is 2.15. The van der Waals surface area contributed by atoms with E-state index in [0.717, 1.165) is 0 Å². The Kier molecular flexibility index (Phi) is 2.07. The van der Waals surface area contributed by atoms with Gasteiger partial charge in [-0.05, 0) is 13.0 Å².